The van der Waals surface area contributed by atoms with Crippen LogP contribution in [0, 0.1) is 0 Å². The number of cyclic esters (lactones) is 1. The van der Waals surface area contributed by atoms with Gasteiger partial charge < -0.3 is 4.74 Å². The van der Waals surface area contributed by atoms with Crippen LogP contribution in [0.5, 0.6) is 0 Å². The van der Waals surface area contributed by atoms with Gasteiger partial charge in [0.25, 0.3) is 0 Å². The Kier molecular flexibility index (Phi) is 1.33. The van der Waals surface area contributed by atoms with Gasteiger partial charge >= 0.3 is 6.09 Å². The molecule has 0 aromatic heterocycles. The number of nitrogens with zero attached hydrogens (tertiary/aromatic N) is 1. The van der Waals surface area contributed by atoms with Crippen LogP contribution >= 0.6 is 12.8 Å². The van der Waals surface area contributed by atoms with Crippen LogP contribution in [-0.4, -0.2) is 23.0 Å². The average Bonchev–Trinajstić information content (AvgIpc) is 1.85. The fourth-order valence-electron chi connectivity index (χ4n) is 0.588. The molecule has 1 rings (SSSR count). The van der Waals surface area contributed by atoms with Gasteiger partial charge in [-0.25, -0.2) is 4.79 Å². The second-order valence-corrected chi connectivity index (χ2v) is 2.26. The quantitative estimate of drug-likeness (QED) is 0.492. The molecule has 3 nitrogen and oxygen atoms in total. The molecule has 46 valence electrons. The molecule has 0 aromatic rings. The van der Waals surface area contributed by atoms with Gasteiger partial charge in [0.15, 0.2) is 0 Å². The van der Waals surface area contributed by atoms with Crippen molar-refractivity contribution >= 4 is 18.9 Å². The maximum Gasteiger partial charge on any atom is 0.420 e. The average molecular weight is 133 g/mol. The number of carbonyl (C=O) groups is 1. The molecule has 0 aliphatic carbocycles. The Morgan fingerprint density at radius 2 is 2.62 bits per heavy atom. The predicted octanol–water partition coefficient (Wildman–Crippen LogP) is 0.672. The summed E-state index contributed by atoms with van der Waals surface area (Å²) in [7, 11) is 0. The molecular weight excluding hydrogens is 126 g/mol. The second kappa shape index (κ2) is 1.85. The Morgan fingerprint density at radius 1 is 2.00 bits per heavy atom. The lowest BCUT2D eigenvalue weighted by Gasteiger charge is -1.97. The number of rotatable bonds is 0. The molecule has 1 saturated heterocycles. The summed E-state index contributed by atoms with van der Waals surface area (Å²) in [5, 5.41) is 0. The van der Waals surface area contributed by atoms with E-state index in [1.807, 2.05) is 6.92 Å². The lowest BCUT2D eigenvalue weighted by Crippen LogP contribution is -2.11. The molecule has 1 fully saturated rings. The van der Waals surface area contributed by atoms with Crippen molar-refractivity contribution < 1.29 is 9.53 Å². The maximum atomic E-state index is 10.4. The van der Waals surface area contributed by atoms with Gasteiger partial charge in [0.1, 0.15) is 6.10 Å². The van der Waals surface area contributed by atoms with Gasteiger partial charge in [-0.3, -0.25) is 4.31 Å². The summed E-state index contributed by atoms with van der Waals surface area (Å²) >= 11 is 3.81. The highest BCUT2D eigenvalue weighted by molar-refractivity contribution is 7.78. The molecule has 1 aliphatic heterocycles. The SMILES string of the molecule is C[C@@H]1CN(S)C(=O)O1. The number of hydrogen-bond donors (Lipinski definition) is 1. The van der Waals surface area contributed by atoms with Crippen LogP contribution in [0.15, 0.2) is 0 Å². The van der Waals surface area contributed by atoms with E-state index in [0.717, 1.165) is 0 Å². The molecular formula is C4H7NO2S. The van der Waals surface area contributed by atoms with Gasteiger partial charge in [0, 0.05) is 0 Å². The zero-order valence-electron chi connectivity index (χ0n) is 4.50. The minimum atomic E-state index is -0.346. The van der Waals surface area contributed by atoms with Crippen LogP contribution in [0.1, 0.15) is 6.92 Å². The summed E-state index contributed by atoms with van der Waals surface area (Å²) in [6.45, 7) is 2.41. The minimum absolute atomic E-state index is 0.000000000000000222. The predicted molar refractivity (Wildman–Crippen MR) is 31.6 cm³/mol. The summed E-state index contributed by atoms with van der Waals surface area (Å²) < 4.78 is 5.94. The summed E-state index contributed by atoms with van der Waals surface area (Å²) in [4.78, 5) is 10.4. The highest BCUT2D eigenvalue weighted by Gasteiger charge is 2.24. The molecule has 1 heterocycles. The smallest absolute Gasteiger partial charge is 0.420 e. The molecule has 0 unspecified atom stereocenters. The third-order valence-electron chi connectivity index (χ3n) is 0.943. The van der Waals surface area contributed by atoms with Crippen LogP contribution in [0.25, 0.3) is 0 Å². The van der Waals surface area contributed by atoms with Crippen molar-refractivity contribution in [3.63, 3.8) is 0 Å². The number of carbonyl (C=O) groups excluding carboxylic acids is 1. The Hall–Kier alpha value is -0.380. The number of ether oxygens (including phenoxy) is 1. The standard InChI is InChI=1S/C4H7NO2S/c1-3-2-5(8)4(6)7-3/h3,8H,2H2,1H3/t3-/m1/s1. The normalized spacial score (nSPS) is 28.5. The third-order valence-corrected chi connectivity index (χ3v) is 1.27. The molecule has 0 N–H and O–H groups in total. The first kappa shape index (κ1) is 5.75. The van der Waals surface area contributed by atoms with E-state index < -0.39 is 0 Å². The molecule has 1 amide bonds. The van der Waals surface area contributed by atoms with Crippen LogP contribution in [0.4, 0.5) is 4.79 Å². The molecule has 0 radical (unpaired) electrons. The first-order chi connectivity index (χ1) is 3.70. The fourth-order valence-corrected chi connectivity index (χ4v) is 0.865. The molecule has 1 atom stereocenters. The summed E-state index contributed by atoms with van der Waals surface area (Å²) in [5.41, 5.74) is 0. The molecule has 0 bridgehead atoms. The second-order valence-electron chi connectivity index (χ2n) is 1.78. The Balaban J connectivity index is 2.51. The highest BCUT2D eigenvalue weighted by Crippen LogP contribution is 2.11. The van der Waals surface area contributed by atoms with Gasteiger partial charge in [-0.15, -0.1) is 0 Å². The van der Waals surface area contributed by atoms with E-state index in [-0.39, 0.29) is 12.2 Å². The van der Waals surface area contributed by atoms with Crippen LogP contribution in [0.3, 0.4) is 0 Å². The van der Waals surface area contributed by atoms with Gasteiger partial charge in [0.05, 0.1) is 6.54 Å². The van der Waals surface area contributed by atoms with Crippen molar-refractivity contribution in [2.45, 2.75) is 13.0 Å². The number of thiol groups is 1. The van der Waals surface area contributed by atoms with Crippen molar-refractivity contribution in [2.24, 2.45) is 0 Å². The van der Waals surface area contributed by atoms with Crippen molar-refractivity contribution in [3.05, 3.63) is 0 Å². The summed E-state index contributed by atoms with van der Waals surface area (Å²) in [6, 6.07) is 0. The van der Waals surface area contributed by atoms with Crippen molar-refractivity contribution in [2.75, 3.05) is 6.54 Å². The molecule has 8 heavy (non-hydrogen) atoms. The fraction of sp³-hybridized carbons (Fsp3) is 0.750. The van der Waals surface area contributed by atoms with Crippen LogP contribution in [0.2, 0.25) is 0 Å². The van der Waals surface area contributed by atoms with Crippen molar-refractivity contribution in [3.8, 4) is 0 Å². The maximum absolute atomic E-state index is 10.4. The van der Waals surface area contributed by atoms with Crippen molar-refractivity contribution in [1.82, 2.24) is 4.31 Å². The first-order valence-electron chi connectivity index (χ1n) is 2.37. The Bertz CT molecular complexity index is 117. The van der Waals surface area contributed by atoms with E-state index >= 15 is 0 Å². The van der Waals surface area contributed by atoms with Gasteiger partial charge in [0.2, 0.25) is 0 Å². The number of hydrogen-bond acceptors (Lipinski definition) is 3. The third kappa shape index (κ3) is 0.888. The summed E-state index contributed by atoms with van der Waals surface area (Å²) in [5.74, 6) is 0. The monoisotopic (exact) mass is 133 g/mol. The molecule has 0 spiro atoms. The van der Waals surface area contributed by atoms with Gasteiger partial charge in [-0.2, -0.15) is 0 Å². The van der Waals surface area contributed by atoms with Gasteiger partial charge in [-0.05, 0) is 6.92 Å². The first-order valence-corrected chi connectivity index (χ1v) is 2.77. The van der Waals surface area contributed by atoms with Crippen LogP contribution in [-0.2, 0) is 4.74 Å². The highest BCUT2D eigenvalue weighted by atomic mass is 32.1. The minimum Gasteiger partial charge on any atom is -0.444 e. The Morgan fingerprint density at radius 3 is 2.75 bits per heavy atom. The lowest BCUT2D eigenvalue weighted by atomic mass is 10.4. The van der Waals surface area contributed by atoms with E-state index in [4.69, 9.17) is 0 Å². The van der Waals surface area contributed by atoms with E-state index in [1.165, 1.54) is 4.31 Å². The van der Waals surface area contributed by atoms with Crippen molar-refractivity contribution in [1.29, 1.82) is 0 Å². The molecule has 0 aromatic carbocycles. The summed E-state index contributed by atoms with van der Waals surface area (Å²) in [6.07, 6.45) is -0.346. The van der Waals surface area contributed by atoms with Crippen LogP contribution < -0.4 is 0 Å². The molecule has 1 aliphatic rings. The largest absolute Gasteiger partial charge is 0.444 e. The lowest BCUT2D eigenvalue weighted by molar-refractivity contribution is 0.145. The Labute approximate surface area is 53.2 Å². The zero-order valence-corrected chi connectivity index (χ0v) is 5.39. The van der Waals surface area contributed by atoms with Gasteiger partial charge in [-0.1, -0.05) is 12.8 Å². The van der Waals surface area contributed by atoms with E-state index in [0.29, 0.717) is 6.54 Å². The van der Waals surface area contributed by atoms with E-state index in [1.54, 1.807) is 0 Å². The zero-order chi connectivity index (χ0) is 6.15. The molecule has 4 heteroatoms. The topological polar surface area (TPSA) is 29.5 Å². The van der Waals surface area contributed by atoms with E-state index in [2.05, 4.69) is 17.6 Å². The number of amides is 1. The van der Waals surface area contributed by atoms with E-state index in [9.17, 15) is 4.79 Å². The molecule has 0 saturated carbocycles.